The van der Waals surface area contributed by atoms with Gasteiger partial charge in [0.2, 0.25) is 5.91 Å². The molecule has 1 aromatic rings. The minimum Gasteiger partial charge on any atom is -0.349 e. The zero-order valence-electron chi connectivity index (χ0n) is 10.2. The predicted octanol–water partition coefficient (Wildman–Crippen LogP) is 2.67. The summed E-state index contributed by atoms with van der Waals surface area (Å²) in [7, 11) is 0. The van der Waals surface area contributed by atoms with Crippen molar-refractivity contribution in [2.45, 2.75) is 19.9 Å². The molecule has 0 saturated heterocycles. The Labute approximate surface area is 117 Å². The maximum atomic E-state index is 12.9. The molecule has 2 unspecified atom stereocenters. The molecule has 0 radical (unpaired) electrons. The van der Waals surface area contributed by atoms with Crippen LogP contribution >= 0.6 is 24.0 Å². The predicted molar refractivity (Wildman–Crippen MR) is 73.4 cm³/mol. The highest BCUT2D eigenvalue weighted by Gasteiger charge is 2.16. The number of benzene rings is 1. The standard InChI is InChI=1S/C12H16ClFN2O.ClH/c1-7(6-15)12(17)16-8(2)10-4-3-9(14)5-11(10)13;/h3-5,7-8H,6,15H2,1-2H3,(H,16,17);1H. The Hall–Kier alpha value is -0.840. The van der Waals surface area contributed by atoms with Gasteiger partial charge in [0.05, 0.1) is 6.04 Å². The van der Waals surface area contributed by atoms with Crippen molar-refractivity contribution in [1.82, 2.24) is 5.32 Å². The fraction of sp³-hybridized carbons (Fsp3) is 0.417. The molecule has 0 aliphatic heterocycles. The average Bonchev–Trinajstić information content (AvgIpc) is 2.27. The SMILES string of the molecule is CC(CN)C(=O)NC(C)c1ccc(F)cc1Cl.Cl. The zero-order valence-corrected chi connectivity index (χ0v) is 11.8. The van der Waals surface area contributed by atoms with E-state index in [4.69, 9.17) is 17.3 Å². The molecule has 0 spiro atoms. The molecular formula is C12H17Cl2FN2O. The fourth-order valence-corrected chi connectivity index (χ4v) is 1.72. The van der Waals surface area contributed by atoms with Crippen LogP contribution in [0.1, 0.15) is 25.5 Å². The van der Waals surface area contributed by atoms with Crippen molar-refractivity contribution in [2.24, 2.45) is 11.7 Å². The smallest absolute Gasteiger partial charge is 0.224 e. The first-order chi connectivity index (χ1) is 7.95. The normalized spacial score (nSPS) is 13.4. The molecule has 0 aromatic heterocycles. The number of hydrogen-bond acceptors (Lipinski definition) is 2. The summed E-state index contributed by atoms with van der Waals surface area (Å²) in [6.07, 6.45) is 0. The molecule has 0 aliphatic carbocycles. The number of rotatable bonds is 4. The van der Waals surface area contributed by atoms with Crippen molar-refractivity contribution in [1.29, 1.82) is 0 Å². The van der Waals surface area contributed by atoms with Crippen LogP contribution in [0.5, 0.6) is 0 Å². The number of carbonyl (C=O) groups is 1. The van der Waals surface area contributed by atoms with Gasteiger partial charge in [-0.3, -0.25) is 4.79 Å². The first-order valence-electron chi connectivity index (χ1n) is 5.41. The summed E-state index contributed by atoms with van der Waals surface area (Å²) in [4.78, 5) is 11.6. The monoisotopic (exact) mass is 294 g/mol. The Bertz CT molecular complexity index is 415. The van der Waals surface area contributed by atoms with Crippen LogP contribution in [0.25, 0.3) is 0 Å². The minimum atomic E-state index is -0.396. The van der Waals surface area contributed by atoms with Crippen LogP contribution in [0.4, 0.5) is 4.39 Å². The largest absolute Gasteiger partial charge is 0.349 e. The molecular weight excluding hydrogens is 278 g/mol. The molecule has 1 amide bonds. The number of halogens is 3. The van der Waals surface area contributed by atoms with E-state index in [0.29, 0.717) is 10.6 Å². The molecule has 2 atom stereocenters. The van der Waals surface area contributed by atoms with Gasteiger partial charge < -0.3 is 11.1 Å². The van der Waals surface area contributed by atoms with Gasteiger partial charge in [-0.25, -0.2) is 4.39 Å². The summed E-state index contributed by atoms with van der Waals surface area (Å²) in [5.41, 5.74) is 6.09. The van der Waals surface area contributed by atoms with Crippen molar-refractivity contribution in [3.05, 3.63) is 34.6 Å². The van der Waals surface area contributed by atoms with Crippen LogP contribution in [-0.4, -0.2) is 12.5 Å². The van der Waals surface area contributed by atoms with Gasteiger partial charge in [0.25, 0.3) is 0 Å². The minimum absolute atomic E-state index is 0. The Morgan fingerprint density at radius 2 is 2.11 bits per heavy atom. The lowest BCUT2D eigenvalue weighted by atomic mass is 10.1. The maximum absolute atomic E-state index is 12.9. The van der Waals surface area contributed by atoms with Crippen LogP contribution < -0.4 is 11.1 Å². The summed E-state index contributed by atoms with van der Waals surface area (Å²) >= 11 is 5.91. The van der Waals surface area contributed by atoms with Crippen LogP contribution in [0.3, 0.4) is 0 Å². The van der Waals surface area contributed by atoms with Crippen molar-refractivity contribution < 1.29 is 9.18 Å². The number of amides is 1. The quantitative estimate of drug-likeness (QED) is 0.897. The highest BCUT2D eigenvalue weighted by molar-refractivity contribution is 6.31. The van der Waals surface area contributed by atoms with E-state index >= 15 is 0 Å². The summed E-state index contributed by atoms with van der Waals surface area (Å²) in [6.45, 7) is 3.82. The topological polar surface area (TPSA) is 55.1 Å². The number of hydrogen-bond donors (Lipinski definition) is 2. The van der Waals surface area contributed by atoms with Crippen molar-refractivity contribution in [3.63, 3.8) is 0 Å². The van der Waals surface area contributed by atoms with Gasteiger partial charge in [-0.1, -0.05) is 24.6 Å². The first-order valence-corrected chi connectivity index (χ1v) is 5.79. The third kappa shape index (κ3) is 4.44. The third-order valence-corrected chi connectivity index (χ3v) is 2.92. The Morgan fingerprint density at radius 1 is 1.50 bits per heavy atom. The van der Waals surface area contributed by atoms with E-state index in [1.165, 1.54) is 12.1 Å². The summed E-state index contributed by atoms with van der Waals surface area (Å²) in [6, 6.07) is 3.84. The molecule has 0 fully saturated rings. The van der Waals surface area contributed by atoms with Crippen molar-refractivity contribution in [3.8, 4) is 0 Å². The zero-order chi connectivity index (χ0) is 13.0. The van der Waals surface area contributed by atoms with Gasteiger partial charge in [-0.05, 0) is 24.6 Å². The van der Waals surface area contributed by atoms with Crippen LogP contribution in [-0.2, 0) is 4.79 Å². The van der Waals surface area contributed by atoms with Crippen LogP contribution in [0.15, 0.2) is 18.2 Å². The highest BCUT2D eigenvalue weighted by atomic mass is 35.5. The lowest BCUT2D eigenvalue weighted by molar-refractivity contribution is -0.124. The second-order valence-electron chi connectivity index (χ2n) is 4.03. The highest BCUT2D eigenvalue weighted by Crippen LogP contribution is 2.23. The number of carbonyl (C=O) groups excluding carboxylic acids is 1. The fourth-order valence-electron chi connectivity index (χ4n) is 1.39. The van der Waals surface area contributed by atoms with E-state index in [9.17, 15) is 9.18 Å². The van der Waals surface area contributed by atoms with Gasteiger partial charge in [0.15, 0.2) is 0 Å². The van der Waals surface area contributed by atoms with E-state index in [1.54, 1.807) is 19.9 Å². The number of nitrogens with one attached hydrogen (secondary N) is 1. The average molecular weight is 295 g/mol. The molecule has 3 N–H and O–H groups in total. The van der Waals surface area contributed by atoms with Gasteiger partial charge in [0, 0.05) is 17.5 Å². The molecule has 1 rings (SSSR count). The summed E-state index contributed by atoms with van der Waals surface area (Å²) in [5, 5.41) is 3.09. The molecule has 3 nitrogen and oxygen atoms in total. The molecule has 0 saturated carbocycles. The summed E-state index contributed by atoms with van der Waals surface area (Å²) in [5.74, 6) is -0.787. The van der Waals surface area contributed by atoms with Gasteiger partial charge >= 0.3 is 0 Å². The van der Waals surface area contributed by atoms with Gasteiger partial charge in [-0.2, -0.15) is 0 Å². The molecule has 1 aromatic carbocycles. The Kier molecular flexibility index (Phi) is 7.21. The molecule has 0 heterocycles. The second-order valence-corrected chi connectivity index (χ2v) is 4.44. The van der Waals surface area contributed by atoms with E-state index < -0.39 is 5.82 Å². The Balaban J connectivity index is 0.00000289. The van der Waals surface area contributed by atoms with Gasteiger partial charge in [0.1, 0.15) is 5.82 Å². The van der Waals surface area contributed by atoms with Crippen LogP contribution in [0.2, 0.25) is 5.02 Å². The molecule has 18 heavy (non-hydrogen) atoms. The van der Waals surface area contributed by atoms with Gasteiger partial charge in [-0.15, -0.1) is 12.4 Å². The van der Waals surface area contributed by atoms with E-state index in [-0.39, 0.29) is 36.8 Å². The molecule has 6 heteroatoms. The summed E-state index contributed by atoms with van der Waals surface area (Å²) < 4.78 is 12.9. The second kappa shape index (κ2) is 7.56. The molecule has 0 aliphatic rings. The third-order valence-electron chi connectivity index (χ3n) is 2.59. The lowest BCUT2D eigenvalue weighted by Gasteiger charge is -2.18. The Morgan fingerprint density at radius 3 is 2.61 bits per heavy atom. The van der Waals surface area contributed by atoms with Crippen molar-refractivity contribution in [2.75, 3.05) is 6.54 Å². The van der Waals surface area contributed by atoms with E-state index in [2.05, 4.69) is 5.32 Å². The lowest BCUT2D eigenvalue weighted by Crippen LogP contribution is -2.35. The maximum Gasteiger partial charge on any atom is 0.224 e. The van der Waals surface area contributed by atoms with Crippen LogP contribution in [0, 0.1) is 11.7 Å². The first kappa shape index (κ1) is 17.2. The molecule has 102 valence electrons. The van der Waals surface area contributed by atoms with E-state index in [0.717, 1.165) is 0 Å². The van der Waals surface area contributed by atoms with E-state index in [1.807, 2.05) is 0 Å². The van der Waals surface area contributed by atoms with Crippen molar-refractivity contribution >= 4 is 29.9 Å². The number of nitrogens with two attached hydrogens (primary N) is 1. The molecule has 0 bridgehead atoms.